The summed E-state index contributed by atoms with van der Waals surface area (Å²) in [6.07, 6.45) is 0. The molecule has 0 saturated carbocycles. The van der Waals surface area contributed by atoms with E-state index in [0.29, 0.717) is 17.3 Å². The molecule has 9 heteroatoms. The number of benzene rings is 1. The third-order valence-electron chi connectivity index (χ3n) is 3.67. The monoisotopic (exact) mass is 375 g/mol. The number of thiophene rings is 1. The number of nitrogens with zero attached hydrogens (tertiary/aromatic N) is 2. The molecule has 0 saturated heterocycles. The highest BCUT2D eigenvalue weighted by Crippen LogP contribution is 2.27. The van der Waals surface area contributed by atoms with Gasteiger partial charge in [-0.2, -0.15) is 0 Å². The average molecular weight is 375 g/mol. The standard InChI is InChI=1S/C17H17N3O5S/c1-23-12-6-5-11(8-13(12)24-2)9-18-15(21)10-20-16(19-25-17(20)22)14-4-3-7-26-14/h3-8H,9-10H2,1-2H3,(H,18,21). The Kier molecular flexibility index (Phi) is 5.37. The van der Waals surface area contributed by atoms with Gasteiger partial charge in [0.25, 0.3) is 0 Å². The molecule has 0 spiro atoms. The summed E-state index contributed by atoms with van der Waals surface area (Å²) in [6, 6.07) is 9.01. The second-order valence-electron chi connectivity index (χ2n) is 5.30. The third kappa shape index (κ3) is 3.77. The Morgan fingerprint density at radius 1 is 1.27 bits per heavy atom. The summed E-state index contributed by atoms with van der Waals surface area (Å²) >= 11 is 1.41. The van der Waals surface area contributed by atoms with Crippen LogP contribution in [0.4, 0.5) is 0 Å². The predicted octanol–water partition coefficient (Wildman–Crippen LogP) is 1.90. The van der Waals surface area contributed by atoms with E-state index in [9.17, 15) is 9.59 Å². The Bertz CT molecular complexity index is 946. The number of amides is 1. The van der Waals surface area contributed by atoms with Crippen molar-refractivity contribution in [3.8, 4) is 22.2 Å². The van der Waals surface area contributed by atoms with E-state index in [0.717, 1.165) is 10.4 Å². The van der Waals surface area contributed by atoms with E-state index in [1.807, 2.05) is 17.5 Å². The number of carbonyl (C=O) groups is 1. The van der Waals surface area contributed by atoms with Gasteiger partial charge in [0.1, 0.15) is 6.54 Å². The molecule has 1 aromatic carbocycles. The number of carbonyl (C=O) groups excluding carboxylic acids is 1. The Morgan fingerprint density at radius 3 is 2.77 bits per heavy atom. The van der Waals surface area contributed by atoms with Crippen LogP contribution in [0.2, 0.25) is 0 Å². The maximum absolute atomic E-state index is 12.2. The Labute approximate surface area is 153 Å². The van der Waals surface area contributed by atoms with Crippen LogP contribution >= 0.6 is 11.3 Å². The molecule has 1 N–H and O–H groups in total. The minimum Gasteiger partial charge on any atom is -0.493 e. The van der Waals surface area contributed by atoms with Crippen molar-refractivity contribution in [1.29, 1.82) is 0 Å². The SMILES string of the molecule is COc1ccc(CNC(=O)Cn2c(-c3cccs3)noc2=O)cc1OC. The molecule has 2 aromatic heterocycles. The van der Waals surface area contributed by atoms with Crippen molar-refractivity contribution in [1.82, 2.24) is 15.0 Å². The van der Waals surface area contributed by atoms with E-state index in [1.54, 1.807) is 32.4 Å². The van der Waals surface area contributed by atoms with E-state index in [1.165, 1.54) is 15.9 Å². The van der Waals surface area contributed by atoms with Gasteiger partial charge in [0.15, 0.2) is 17.3 Å². The highest BCUT2D eigenvalue weighted by molar-refractivity contribution is 7.13. The van der Waals surface area contributed by atoms with Crippen LogP contribution in [-0.4, -0.2) is 29.9 Å². The number of aromatic nitrogens is 2. The molecule has 136 valence electrons. The fourth-order valence-corrected chi connectivity index (χ4v) is 3.10. The smallest absolute Gasteiger partial charge is 0.442 e. The molecule has 0 aliphatic heterocycles. The zero-order chi connectivity index (χ0) is 18.5. The topological polar surface area (TPSA) is 95.6 Å². The third-order valence-corrected chi connectivity index (χ3v) is 4.53. The summed E-state index contributed by atoms with van der Waals surface area (Å²) in [5, 5.41) is 8.37. The van der Waals surface area contributed by atoms with Crippen molar-refractivity contribution in [2.75, 3.05) is 14.2 Å². The fraction of sp³-hybridized carbons (Fsp3) is 0.235. The first-order valence-electron chi connectivity index (χ1n) is 7.70. The molecule has 0 unspecified atom stereocenters. The van der Waals surface area contributed by atoms with E-state index >= 15 is 0 Å². The number of rotatable bonds is 7. The number of ether oxygens (including phenoxy) is 2. The highest BCUT2D eigenvalue weighted by atomic mass is 32.1. The lowest BCUT2D eigenvalue weighted by atomic mass is 10.2. The number of hydrogen-bond acceptors (Lipinski definition) is 7. The van der Waals surface area contributed by atoms with Gasteiger partial charge in [0.2, 0.25) is 5.91 Å². The van der Waals surface area contributed by atoms with Gasteiger partial charge < -0.3 is 14.8 Å². The van der Waals surface area contributed by atoms with E-state index in [4.69, 9.17) is 14.0 Å². The number of nitrogens with one attached hydrogen (secondary N) is 1. The van der Waals surface area contributed by atoms with Crippen molar-refractivity contribution in [3.05, 3.63) is 51.8 Å². The van der Waals surface area contributed by atoms with Crippen molar-refractivity contribution < 1.29 is 18.8 Å². The van der Waals surface area contributed by atoms with Crippen LogP contribution in [0.25, 0.3) is 10.7 Å². The molecule has 0 atom stereocenters. The first kappa shape index (κ1) is 17.7. The summed E-state index contributed by atoms with van der Waals surface area (Å²) in [6.45, 7) is 0.108. The van der Waals surface area contributed by atoms with Crippen LogP contribution in [0.3, 0.4) is 0 Å². The van der Waals surface area contributed by atoms with Gasteiger partial charge in [-0.15, -0.1) is 11.3 Å². The summed E-state index contributed by atoms with van der Waals surface area (Å²) in [7, 11) is 3.10. The van der Waals surface area contributed by atoms with E-state index < -0.39 is 5.76 Å². The van der Waals surface area contributed by atoms with E-state index in [2.05, 4.69) is 10.5 Å². The molecule has 0 aliphatic rings. The molecule has 0 aliphatic carbocycles. The number of hydrogen-bond donors (Lipinski definition) is 1. The Hall–Kier alpha value is -3.07. The van der Waals surface area contributed by atoms with Gasteiger partial charge in [-0.05, 0) is 29.1 Å². The lowest BCUT2D eigenvalue weighted by molar-refractivity contribution is -0.121. The summed E-state index contributed by atoms with van der Waals surface area (Å²) in [5.74, 6) is 0.525. The summed E-state index contributed by atoms with van der Waals surface area (Å²) in [5.41, 5.74) is 0.840. The predicted molar refractivity (Wildman–Crippen MR) is 95.5 cm³/mol. The minimum atomic E-state index is -0.672. The van der Waals surface area contributed by atoms with Crippen molar-refractivity contribution in [2.45, 2.75) is 13.1 Å². The largest absolute Gasteiger partial charge is 0.493 e. The van der Waals surface area contributed by atoms with Crippen LogP contribution in [0, 0.1) is 0 Å². The Morgan fingerprint density at radius 2 is 2.08 bits per heavy atom. The first-order valence-corrected chi connectivity index (χ1v) is 8.58. The molecular weight excluding hydrogens is 358 g/mol. The van der Waals surface area contributed by atoms with Crippen LogP contribution in [0.1, 0.15) is 5.56 Å². The molecule has 0 bridgehead atoms. The van der Waals surface area contributed by atoms with Gasteiger partial charge in [0.05, 0.1) is 19.1 Å². The molecule has 1 amide bonds. The molecule has 3 aromatic rings. The minimum absolute atomic E-state index is 0.178. The molecule has 2 heterocycles. The second-order valence-corrected chi connectivity index (χ2v) is 6.25. The molecule has 8 nitrogen and oxygen atoms in total. The van der Waals surface area contributed by atoms with Gasteiger partial charge in [0, 0.05) is 6.54 Å². The maximum atomic E-state index is 12.2. The molecule has 3 rings (SSSR count). The van der Waals surface area contributed by atoms with Crippen molar-refractivity contribution >= 4 is 17.2 Å². The van der Waals surface area contributed by atoms with Gasteiger partial charge >= 0.3 is 5.76 Å². The zero-order valence-electron chi connectivity index (χ0n) is 14.2. The van der Waals surface area contributed by atoms with Crippen LogP contribution in [0.5, 0.6) is 11.5 Å². The Balaban J connectivity index is 1.67. The fourth-order valence-electron chi connectivity index (χ4n) is 2.38. The second kappa shape index (κ2) is 7.87. The lowest BCUT2D eigenvalue weighted by Crippen LogP contribution is -2.30. The maximum Gasteiger partial charge on any atom is 0.442 e. The lowest BCUT2D eigenvalue weighted by Gasteiger charge is -2.10. The van der Waals surface area contributed by atoms with E-state index in [-0.39, 0.29) is 19.0 Å². The van der Waals surface area contributed by atoms with Gasteiger partial charge in [-0.3, -0.25) is 9.32 Å². The first-order chi connectivity index (χ1) is 12.6. The number of methoxy groups -OCH3 is 2. The van der Waals surface area contributed by atoms with Crippen LogP contribution in [-0.2, 0) is 17.9 Å². The quantitative estimate of drug-likeness (QED) is 0.678. The molecular formula is C17H17N3O5S. The van der Waals surface area contributed by atoms with Gasteiger partial charge in [-0.25, -0.2) is 9.36 Å². The van der Waals surface area contributed by atoms with Gasteiger partial charge in [-0.1, -0.05) is 17.3 Å². The normalized spacial score (nSPS) is 10.5. The van der Waals surface area contributed by atoms with Crippen LogP contribution < -0.4 is 20.5 Å². The van der Waals surface area contributed by atoms with Crippen molar-refractivity contribution in [2.24, 2.45) is 0 Å². The molecule has 0 radical (unpaired) electrons. The van der Waals surface area contributed by atoms with Crippen molar-refractivity contribution in [3.63, 3.8) is 0 Å². The zero-order valence-corrected chi connectivity index (χ0v) is 15.0. The average Bonchev–Trinajstić information content (AvgIpc) is 3.30. The summed E-state index contributed by atoms with van der Waals surface area (Å²) < 4.78 is 16.3. The molecule has 26 heavy (non-hydrogen) atoms. The van der Waals surface area contributed by atoms with Crippen LogP contribution in [0.15, 0.2) is 45.0 Å². The highest BCUT2D eigenvalue weighted by Gasteiger charge is 2.16. The summed E-state index contributed by atoms with van der Waals surface area (Å²) in [4.78, 5) is 24.8. The molecule has 0 fully saturated rings.